The maximum absolute atomic E-state index is 15.3. The van der Waals surface area contributed by atoms with Crippen LogP contribution in [0.25, 0.3) is 0 Å². The lowest BCUT2D eigenvalue weighted by Crippen LogP contribution is -2.56. The first-order valence-electron chi connectivity index (χ1n) is 17.8. The molecule has 10 heteroatoms. The van der Waals surface area contributed by atoms with Crippen molar-refractivity contribution >= 4 is 17.7 Å². The van der Waals surface area contributed by atoms with Crippen molar-refractivity contribution < 1.29 is 23.2 Å². The smallest absolute Gasteiger partial charge is 0.245 e. The Kier molecular flexibility index (Phi) is 10.4. The molecule has 3 heterocycles. The molecule has 3 aliphatic heterocycles. The van der Waals surface area contributed by atoms with E-state index in [1.807, 2.05) is 9.80 Å². The van der Waals surface area contributed by atoms with Crippen LogP contribution in [-0.4, -0.2) is 118 Å². The molecule has 1 aromatic rings. The second-order valence-electron chi connectivity index (χ2n) is 16.6. The van der Waals surface area contributed by atoms with E-state index in [-0.39, 0.29) is 47.3 Å². The average Bonchev–Trinajstić information content (AvgIpc) is 3.63. The van der Waals surface area contributed by atoms with E-state index < -0.39 is 29.5 Å². The van der Waals surface area contributed by atoms with Crippen LogP contribution < -0.4 is 0 Å². The molecule has 0 spiro atoms. The Balaban J connectivity index is 1.46. The molecule has 0 aromatic heterocycles. The molecule has 0 N–H and O–H groups in total. The Bertz CT molecular complexity index is 1310. The van der Waals surface area contributed by atoms with E-state index >= 15 is 4.39 Å². The standard InChI is InChI=1S/C37H57F2N5O3/c1-24(2)40-15-17-41(18-16-40)35(47)33-20-28(44(25(3)45)27-11-13-37(7,8)14-12-27)21-43(33)34(46)31-23-42(36(4,5)6)22-30(31)29-10-9-26(38)19-32(29)39/h9-10,19,24,27-28,30-31,33H,11-18,20-23H2,1-8H3/t28-,30-,31+,33-/m0/s1. The minimum atomic E-state index is -0.692. The van der Waals surface area contributed by atoms with Crippen LogP contribution in [0.4, 0.5) is 8.78 Å². The molecule has 5 rings (SSSR count). The predicted molar refractivity (Wildman–Crippen MR) is 180 cm³/mol. The number of hydrogen-bond acceptors (Lipinski definition) is 5. The summed E-state index contributed by atoms with van der Waals surface area (Å²) in [4.78, 5) is 52.7. The number of carbonyl (C=O) groups excluding carboxylic acids is 3. The van der Waals surface area contributed by atoms with E-state index in [1.165, 1.54) is 12.1 Å². The number of carbonyl (C=O) groups is 3. The normalized spacial score (nSPS) is 27.9. The number of rotatable bonds is 6. The van der Waals surface area contributed by atoms with E-state index in [0.717, 1.165) is 44.8 Å². The number of halogens is 2. The highest BCUT2D eigenvalue weighted by Crippen LogP contribution is 2.42. The summed E-state index contributed by atoms with van der Waals surface area (Å²) in [5.74, 6) is -2.66. The molecule has 4 atom stereocenters. The maximum Gasteiger partial charge on any atom is 0.245 e. The highest BCUT2D eigenvalue weighted by atomic mass is 19.1. The molecule has 0 radical (unpaired) electrons. The molecule has 4 fully saturated rings. The summed E-state index contributed by atoms with van der Waals surface area (Å²) in [5.41, 5.74) is 0.289. The first-order valence-corrected chi connectivity index (χ1v) is 17.8. The van der Waals surface area contributed by atoms with Crippen molar-refractivity contribution in [2.45, 2.75) is 123 Å². The summed E-state index contributed by atoms with van der Waals surface area (Å²) in [5, 5.41) is 0. The van der Waals surface area contributed by atoms with Crippen molar-refractivity contribution in [2.24, 2.45) is 11.3 Å². The van der Waals surface area contributed by atoms with Gasteiger partial charge in [-0.1, -0.05) is 19.9 Å². The largest absolute Gasteiger partial charge is 0.338 e. The minimum Gasteiger partial charge on any atom is -0.338 e. The zero-order chi connectivity index (χ0) is 34.4. The topological polar surface area (TPSA) is 67.4 Å². The Labute approximate surface area is 280 Å². The zero-order valence-corrected chi connectivity index (χ0v) is 29.9. The van der Waals surface area contributed by atoms with Crippen molar-refractivity contribution in [3.05, 3.63) is 35.4 Å². The van der Waals surface area contributed by atoms with Crippen LogP contribution in [0.1, 0.15) is 99.0 Å². The summed E-state index contributed by atoms with van der Waals surface area (Å²) in [6.07, 6.45) is 4.26. The van der Waals surface area contributed by atoms with Crippen molar-refractivity contribution in [3.63, 3.8) is 0 Å². The fourth-order valence-electron chi connectivity index (χ4n) is 8.57. The van der Waals surface area contributed by atoms with Gasteiger partial charge in [0.05, 0.1) is 12.0 Å². The van der Waals surface area contributed by atoms with Gasteiger partial charge in [0.15, 0.2) is 0 Å². The van der Waals surface area contributed by atoms with Crippen molar-refractivity contribution in [1.82, 2.24) is 24.5 Å². The van der Waals surface area contributed by atoms with Gasteiger partial charge >= 0.3 is 0 Å². The second-order valence-corrected chi connectivity index (χ2v) is 16.6. The van der Waals surface area contributed by atoms with Gasteiger partial charge in [0.2, 0.25) is 17.7 Å². The van der Waals surface area contributed by atoms with E-state index in [4.69, 9.17) is 0 Å². The van der Waals surface area contributed by atoms with Gasteiger partial charge in [-0.3, -0.25) is 24.2 Å². The molecule has 3 amide bonds. The molecule has 262 valence electrons. The van der Waals surface area contributed by atoms with Gasteiger partial charge in [-0.05, 0) is 83.8 Å². The first kappa shape index (κ1) is 35.7. The van der Waals surface area contributed by atoms with Crippen LogP contribution in [0.15, 0.2) is 18.2 Å². The van der Waals surface area contributed by atoms with Gasteiger partial charge < -0.3 is 14.7 Å². The molecule has 1 saturated carbocycles. The molecular formula is C37H57F2N5O3. The zero-order valence-electron chi connectivity index (χ0n) is 29.9. The number of piperazine rings is 1. The monoisotopic (exact) mass is 657 g/mol. The number of hydrogen-bond donors (Lipinski definition) is 0. The highest BCUT2D eigenvalue weighted by Gasteiger charge is 2.51. The summed E-state index contributed by atoms with van der Waals surface area (Å²) in [6, 6.07) is 3.12. The lowest BCUT2D eigenvalue weighted by Gasteiger charge is -2.42. The van der Waals surface area contributed by atoms with Crippen LogP contribution in [-0.2, 0) is 14.4 Å². The van der Waals surface area contributed by atoms with E-state index in [1.54, 1.807) is 11.8 Å². The van der Waals surface area contributed by atoms with E-state index in [9.17, 15) is 18.8 Å². The Morgan fingerprint density at radius 2 is 1.55 bits per heavy atom. The summed E-state index contributed by atoms with van der Waals surface area (Å²) in [6.45, 7) is 20.6. The third kappa shape index (κ3) is 7.69. The summed E-state index contributed by atoms with van der Waals surface area (Å²) < 4.78 is 29.3. The molecule has 47 heavy (non-hydrogen) atoms. The quantitative estimate of drug-likeness (QED) is 0.425. The number of likely N-dealkylation sites (tertiary alicyclic amines) is 2. The second kappa shape index (κ2) is 13.7. The van der Waals surface area contributed by atoms with E-state index in [2.05, 4.69) is 58.3 Å². The Morgan fingerprint density at radius 1 is 0.915 bits per heavy atom. The predicted octanol–water partition coefficient (Wildman–Crippen LogP) is 5.12. The summed E-state index contributed by atoms with van der Waals surface area (Å²) in [7, 11) is 0. The Hall–Kier alpha value is -2.59. The lowest BCUT2D eigenvalue weighted by molar-refractivity contribution is -0.147. The summed E-state index contributed by atoms with van der Waals surface area (Å²) >= 11 is 0. The van der Waals surface area contributed by atoms with E-state index in [0.29, 0.717) is 44.2 Å². The molecule has 3 saturated heterocycles. The van der Waals surface area contributed by atoms with Gasteiger partial charge in [0.25, 0.3) is 0 Å². The molecule has 0 bridgehead atoms. The van der Waals surface area contributed by atoms with Gasteiger partial charge in [-0.25, -0.2) is 8.78 Å². The fourth-order valence-corrected chi connectivity index (χ4v) is 8.57. The van der Waals surface area contributed by atoms with Gasteiger partial charge in [-0.15, -0.1) is 0 Å². The highest BCUT2D eigenvalue weighted by molar-refractivity contribution is 5.90. The third-order valence-electron chi connectivity index (χ3n) is 11.6. The lowest BCUT2D eigenvalue weighted by atomic mass is 9.75. The number of nitrogens with zero attached hydrogens (tertiary/aromatic N) is 5. The van der Waals surface area contributed by atoms with Crippen LogP contribution in [0.3, 0.4) is 0 Å². The maximum atomic E-state index is 15.3. The molecule has 8 nitrogen and oxygen atoms in total. The molecule has 4 aliphatic rings. The SMILES string of the molecule is CC(=O)N(C1CCC(C)(C)CC1)[C@H]1C[C@@H](C(=O)N2CCN(C(C)C)CC2)N(C(=O)[C@@H]2CN(C(C)(C)C)C[C@H]2c2ccc(F)cc2F)C1. The molecule has 0 unspecified atom stereocenters. The first-order chi connectivity index (χ1) is 22.0. The van der Waals surface area contributed by atoms with Crippen LogP contribution in [0.5, 0.6) is 0 Å². The minimum absolute atomic E-state index is 0.0169. The van der Waals surface area contributed by atoms with Crippen molar-refractivity contribution in [2.75, 3.05) is 45.8 Å². The average molecular weight is 658 g/mol. The van der Waals surface area contributed by atoms with Crippen LogP contribution >= 0.6 is 0 Å². The van der Waals surface area contributed by atoms with Crippen molar-refractivity contribution in [1.29, 1.82) is 0 Å². The molecule has 1 aromatic carbocycles. The molecular weight excluding hydrogens is 600 g/mol. The number of amides is 3. The Morgan fingerprint density at radius 3 is 2.11 bits per heavy atom. The fraction of sp³-hybridized carbons (Fsp3) is 0.757. The molecule has 1 aliphatic carbocycles. The van der Waals surface area contributed by atoms with Crippen molar-refractivity contribution in [3.8, 4) is 0 Å². The van der Waals surface area contributed by atoms with Gasteiger partial charge in [0.1, 0.15) is 17.7 Å². The van der Waals surface area contributed by atoms with Gasteiger partial charge in [-0.2, -0.15) is 0 Å². The third-order valence-corrected chi connectivity index (χ3v) is 11.6. The van der Waals surface area contributed by atoms with Crippen LogP contribution in [0, 0.1) is 23.0 Å². The van der Waals surface area contributed by atoms with Gasteiger partial charge in [0, 0.05) is 82.3 Å². The van der Waals surface area contributed by atoms with Crippen LogP contribution in [0.2, 0.25) is 0 Å². The number of benzene rings is 1.